The molecule has 3 rings (SSSR count). The van der Waals surface area contributed by atoms with Crippen molar-refractivity contribution in [3.63, 3.8) is 0 Å². The van der Waals surface area contributed by atoms with Crippen molar-refractivity contribution in [2.45, 2.75) is 43.8 Å². The molecule has 36 heavy (non-hydrogen) atoms. The summed E-state index contributed by atoms with van der Waals surface area (Å²) in [6, 6.07) is 18.3. The zero-order valence-corrected chi connectivity index (χ0v) is 21.5. The second kappa shape index (κ2) is 11.1. The van der Waals surface area contributed by atoms with Crippen LogP contribution in [0, 0.1) is 6.92 Å². The molecule has 0 spiro atoms. The summed E-state index contributed by atoms with van der Waals surface area (Å²) in [6.45, 7) is 3.62. The van der Waals surface area contributed by atoms with Gasteiger partial charge < -0.3 is 5.11 Å². The maximum absolute atomic E-state index is 13.4. The van der Waals surface area contributed by atoms with Crippen LogP contribution in [-0.4, -0.2) is 31.7 Å². The first-order valence-corrected chi connectivity index (χ1v) is 13.6. The van der Waals surface area contributed by atoms with Gasteiger partial charge >= 0.3 is 5.97 Å². The Hall–Kier alpha value is -3.49. The molecule has 0 unspecified atom stereocenters. The quantitative estimate of drug-likeness (QED) is 0.211. The molecule has 0 aliphatic rings. The predicted octanol–water partition coefficient (Wildman–Crippen LogP) is 4.45. The van der Waals surface area contributed by atoms with Crippen LogP contribution in [0.1, 0.15) is 54.4 Å². The molecule has 7 nitrogen and oxygen atoms in total. The Morgan fingerprint density at radius 1 is 1.08 bits per heavy atom. The normalized spacial score (nSPS) is 14.4. The second-order valence-electron chi connectivity index (χ2n) is 8.97. The van der Waals surface area contributed by atoms with Crippen LogP contribution in [0.25, 0.3) is 16.8 Å². The molecular weight excluding hydrogens is 476 g/mol. The van der Waals surface area contributed by atoms with Crippen molar-refractivity contribution in [1.82, 2.24) is 5.43 Å². The lowest BCUT2D eigenvalue weighted by atomic mass is 9.78. The molecule has 0 fully saturated rings. The molecule has 0 saturated carbocycles. The Morgan fingerprint density at radius 2 is 1.69 bits per heavy atom. The van der Waals surface area contributed by atoms with Gasteiger partial charge in [-0.25, -0.2) is 14.3 Å². The van der Waals surface area contributed by atoms with E-state index < -0.39 is 32.4 Å². The highest BCUT2D eigenvalue weighted by Gasteiger charge is 2.51. The minimum absolute atomic E-state index is 0.0544. The Balaban J connectivity index is 2.38. The number of sulfone groups is 1. The summed E-state index contributed by atoms with van der Waals surface area (Å²) in [5.41, 5.74) is 4.22. The fourth-order valence-electron chi connectivity index (χ4n) is 4.93. The number of fused-ring (bicyclic) bond motifs is 1. The van der Waals surface area contributed by atoms with Crippen LogP contribution in [0.15, 0.2) is 66.7 Å². The van der Waals surface area contributed by atoms with E-state index in [1.165, 1.54) is 0 Å². The highest BCUT2D eigenvalue weighted by Crippen LogP contribution is 2.45. The first-order valence-electron chi connectivity index (χ1n) is 11.8. The molecule has 4 N–H and O–H groups in total. The molecule has 0 aliphatic carbocycles. The zero-order chi connectivity index (χ0) is 26.5. The van der Waals surface area contributed by atoms with Crippen molar-refractivity contribution in [2.75, 3.05) is 6.26 Å². The van der Waals surface area contributed by atoms with Gasteiger partial charge in [0.25, 0.3) is 5.91 Å². The molecule has 190 valence electrons. The molecule has 0 heterocycles. The van der Waals surface area contributed by atoms with Gasteiger partial charge in [0.15, 0.2) is 14.6 Å². The second-order valence-corrected chi connectivity index (χ2v) is 11.2. The van der Waals surface area contributed by atoms with Gasteiger partial charge in [-0.1, -0.05) is 86.2 Å². The Labute approximate surface area is 211 Å². The topological polar surface area (TPSA) is 127 Å². The lowest BCUT2D eigenvalue weighted by Crippen LogP contribution is -2.52. The number of carbonyl (C=O) groups excluding carboxylic acids is 1. The summed E-state index contributed by atoms with van der Waals surface area (Å²) < 4.78 is 24.8. The Bertz CT molecular complexity index is 1400. The number of carboxylic acids is 1. The number of amides is 1. The highest BCUT2D eigenvalue weighted by atomic mass is 32.2. The molecule has 0 aliphatic heterocycles. The first-order chi connectivity index (χ1) is 17.1. The molecular formula is C28H32N2O5S. The van der Waals surface area contributed by atoms with Gasteiger partial charge in [0.1, 0.15) is 0 Å². The molecule has 0 radical (unpaired) electrons. The Morgan fingerprint density at radius 3 is 2.25 bits per heavy atom. The summed E-state index contributed by atoms with van der Waals surface area (Å²) in [4.78, 5) is 26.0. The van der Waals surface area contributed by atoms with Crippen LogP contribution in [0.2, 0.25) is 0 Å². The fourth-order valence-corrected chi connectivity index (χ4v) is 6.50. The maximum atomic E-state index is 13.4. The number of nitrogens with one attached hydrogen (secondary N) is 1. The smallest absolute Gasteiger partial charge is 0.311 e. The fraction of sp³-hybridized carbons (Fsp3) is 0.286. The van der Waals surface area contributed by atoms with Crippen molar-refractivity contribution in [3.8, 4) is 0 Å². The number of hydrogen-bond acceptors (Lipinski definition) is 5. The van der Waals surface area contributed by atoms with E-state index in [4.69, 9.17) is 5.84 Å². The number of rotatable bonds is 10. The van der Waals surface area contributed by atoms with Gasteiger partial charge in [0.05, 0.1) is 5.92 Å². The zero-order valence-electron chi connectivity index (χ0n) is 20.7. The number of carboxylic acid groups (broad SMARTS) is 1. The largest absolute Gasteiger partial charge is 0.481 e. The van der Waals surface area contributed by atoms with Gasteiger partial charge in [0.2, 0.25) is 0 Å². The van der Waals surface area contributed by atoms with E-state index in [9.17, 15) is 23.1 Å². The van der Waals surface area contributed by atoms with Crippen molar-refractivity contribution < 1.29 is 23.1 Å². The van der Waals surface area contributed by atoms with E-state index in [0.717, 1.165) is 22.8 Å². The van der Waals surface area contributed by atoms with Crippen molar-refractivity contribution in [3.05, 3.63) is 89.0 Å². The molecule has 0 saturated heterocycles. The van der Waals surface area contributed by atoms with Gasteiger partial charge in [0, 0.05) is 6.26 Å². The molecule has 3 aromatic rings. The standard InChI is InChI=1S/C28H32N2O5S/c1-4-17-28(27(33)30-29,36(3,34)35)25-22-15-9-8-14-21(22)19(2)18-24(25)23(26(31)32)16-10-13-20-11-6-5-7-12-20/h5-15,18,23H,4,16-17,29H2,1-3H3,(H,30,33)(H,31,32)/b13-10+/t23-,28+/m0/s1. The van der Waals surface area contributed by atoms with Crippen LogP contribution in [-0.2, 0) is 24.2 Å². The average Bonchev–Trinajstić information content (AvgIpc) is 2.85. The molecule has 3 aromatic carbocycles. The van der Waals surface area contributed by atoms with Gasteiger partial charge in [-0.3, -0.25) is 15.0 Å². The van der Waals surface area contributed by atoms with Crippen LogP contribution in [0.5, 0.6) is 0 Å². The number of hydrogen-bond donors (Lipinski definition) is 3. The molecule has 0 aromatic heterocycles. The lowest BCUT2D eigenvalue weighted by molar-refractivity contribution is -0.138. The average molecular weight is 509 g/mol. The third-order valence-corrected chi connectivity index (χ3v) is 8.43. The summed E-state index contributed by atoms with van der Waals surface area (Å²) in [5.74, 6) is 2.45. The number of benzene rings is 3. The van der Waals surface area contributed by atoms with Crippen molar-refractivity contribution in [2.24, 2.45) is 5.84 Å². The van der Waals surface area contributed by atoms with E-state index in [0.29, 0.717) is 17.4 Å². The SMILES string of the molecule is CCC[C@](C(=O)NN)(c1c([C@H](C/C=C/c2ccccc2)C(=O)O)cc(C)c2ccccc12)S(C)(=O)=O. The minimum Gasteiger partial charge on any atom is -0.481 e. The molecule has 1 amide bonds. The molecule has 0 bridgehead atoms. The van der Waals surface area contributed by atoms with Crippen LogP contribution in [0.4, 0.5) is 0 Å². The van der Waals surface area contributed by atoms with Gasteiger partial charge in [-0.15, -0.1) is 0 Å². The minimum atomic E-state index is -4.11. The van der Waals surface area contributed by atoms with E-state index in [-0.39, 0.29) is 18.4 Å². The number of hydrazine groups is 1. The third-order valence-electron chi connectivity index (χ3n) is 6.57. The van der Waals surface area contributed by atoms with Crippen LogP contribution < -0.4 is 11.3 Å². The highest BCUT2D eigenvalue weighted by molar-refractivity contribution is 7.92. The van der Waals surface area contributed by atoms with Crippen LogP contribution >= 0.6 is 0 Å². The lowest BCUT2D eigenvalue weighted by Gasteiger charge is -2.34. The summed E-state index contributed by atoms with van der Waals surface area (Å²) >= 11 is 0. The van der Waals surface area contributed by atoms with Crippen LogP contribution in [0.3, 0.4) is 0 Å². The third kappa shape index (κ3) is 5.05. The van der Waals surface area contributed by atoms with Gasteiger partial charge in [-0.05, 0) is 52.8 Å². The number of aryl methyl sites for hydroxylation is 1. The van der Waals surface area contributed by atoms with E-state index in [1.807, 2.05) is 55.5 Å². The van der Waals surface area contributed by atoms with E-state index >= 15 is 0 Å². The number of nitrogens with two attached hydrogens (primary N) is 1. The number of allylic oxidation sites excluding steroid dienone is 1. The van der Waals surface area contributed by atoms with Crippen molar-refractivity contribution >= 4 is 38.6 Å². The predicted molar refractivity (Wildman–Crippen MR) is 143 cm³/mol. The number of aliphatic carboxylic acids is 1. The molecule has 8 heteroatoms. The van der Waals surface area contributed by atoms with Gasteiger partial charge in [-0.2, -0.15) is 0 Å². The number of carbonyl (C=O) groups is 2. The molecule has 2 atom stereocenters. The van der Waals surface area contributed by atoms with Crippen molar-refractivity contribution in [1.29, 1.82) is 0 Å². The first kappa shape index (κ1) is 27.1. The Kier molecular flexibility index (Phi) is 8.32. The van der Waals surface area contributed by atoms with E-state index in [2.05, 4.69) is 5.43 Å². The summed E-state index contributed by atoms with van der Waals surface area (Å²) in [6.07, 6.45) is 4.99. The maximum Gasteiger partial charge on any atom is 0.311 e. The van der Waals surface area contributed by atoms with E-state index in [1.54, 1.807) is 31.2 Å². The monoisotopic (exact) mass is 508 g/mol. The summed E-state index contributed by atoms with van der Waals surface area (Å²) in [7, 11) is -4.11. The summed E-state index contributed by atoms with van der Waals surface area (Å²) in [5, 5.41) is 11.6.